The minimum absolute atomic E-state index is 0.128. The molecule has 0 atom stereocenters. The molecule has 84 valence electrons. The smallest absolute Gasteiger partial charge is 0.249 e. The Labute approximate surface area is 91.3 Å². The highest BCUT2D eigenvalue weighted by atomic mass is 32.2. The van der Waals surface area contributed by atoms with Gasteiger partial charge in [-0.3, -0.25) is 4.79 Å². The van der Waals surface area contributed by atoms with Gasteiger partial charge in [-0.1, -0.05) is 0 Å². The van der Waals surface area contributed by atoms with Crippen molar-refractivity contribution in [2.24, 2.45) is 10.9 Å². The van der Waals surface area contributed by atoms with Crippen LogP contribution < -0.4 is 10.9 Å². The Morgan fingerprint density at radius 1 is 1.31 bits per heavy atom. The second kappa shape index (κ2) is 3.32. The number of primary amides is 1. The molecule has 1 amide bonds. The van der Waals surface area contributed by atoms with Crippen molar-refractivity contribution in [3.05, 3.63) is 30.0 Å². The van der Waals surface area contributed by atoms with E-state index in [-0.39, 0.29) is 10.5 Å². The number of primary sulfonamides is 1. The van der Waals surface area contributed by atoms with Crippen molar-refractivity contribution in [2.75, 3.05) is 0 Å². The fourth-order valence-corrected chi connectivity index (χ4v) is 2.07. The number of hydrogen-bond donors (Lipinski definition) is 3. The van der Waals surface area contributed by atoms with E-state index in [0.29, 0.717) is 10.9 Å². The molecule has 0 saturated carbocycles. The molecule has 0 fully saturated rings. The first-order valence-electron chi connectivity index (χ1n) is 4.33. The first-order valence-corrected chi connectivity index (χ1v) is 5.88. The molecule has 1 aromatic heterocycles. The van der Waals surface area contributed by atoms with Crippen LogP contribution in [0.4, 0.5) is 0 Å². The minimum Gasteiger partial charge on any atom is -0.366 e. The number of hydrogen-bond acceptors (Lipinski definition) is 3. The first-order chi connectivity index (χ1) is 7.39. The lowest BCUT2D eigenvalue weighted by Gasteiger charge is -2.03. The summed E-state index contributed by atoms with van der Waals surface area (Å²) in [5, 5.41) is 5.56. The van der Waals surface area contributed by atoms with E-state index in [1.165, 1.54) is 12.1 Å². The van der Waals surface area contributed by atoms with Crippen molar-refractivity contribution in [1.82, 2.24) is 4.98 Å². The molecule has 0 aliphatic heterocycles. The summed E-state index contributed by atoms with van der Waals surface area (Å²) >= 11 is 0. The van der Waals surface area contributed by atoms with Gasteiger partial charge in [0.15, 0.2) is 0 Å². The number of sulfonamides is 1. The number of aromatic nitrogens is 1. The Balaban J connectivity index is 2.87. The van der Waals surface area contributed by atoms with E-state index >= 15 is 0 Å². The van der Waals surface area contributed by atoms with Gasteiger partial charge in [0.25, 0.3) is 0 Å². The third-order valence-corrected chi connectivity index (χ3v) is 3.13. The van der Waals surface area contributed by atoms with Crippen molar-refractivity contribution in [3.8, 4) is 0 Å². The molecule has 2 rings (SSSR count). The average molecular weight is 239 g/mol. The van der Waals surface area contributed by atoms with E-state index in [4.69, 9.17) is 10.9 Å². The molecule has 0 aliphatic rings. The van der Waals surface area contributed by atoms with Crippen molar-refractivity contribution in [3.63, 3.8) is 0 Å². The maximum atomic E-state index is 11.2. The molecule has 0 bridgehead atoms. The highest BCUT2D eigenvalue weighted by molar-refractivity contribution is 7.89. The molecular formula is C9H9N3O3S. The number of fused-ring (bicyclic) bond motifs is 1. The van der Waals surface area contributed by atoms with Gasteiger partial charge < -0.3 is 10.7 Å². The van der Waals surface area contributed by atoms with Gasteiger partial charge in [0.1, 0.15) is 0 Å². The number of benzene rings is 1. The summed E-state index contributed by atoms with van der Waals surface area (Å²) in [7, 11) is -3.86. The van der Waals surface area contributed by atoms with Gasteiger partial charge >= 0.3 is 0 Å². The summed E-state index contributed by atoms with van der Waals surface area (Å²) in [6.07, 6.45) is 1.59. The van der Waals surface area contributed by atoms with Crippen molar-refractivity contribution in [1.29, 1.82) is 0 Å². The number of carbonyl (C=O) groups is 1. The quantitative estimate of drug-likeness (QED) is 0.679. The number of nitrogens with one attached hydrogen (secondary N) is 1. The Morgan fingerprint density at radius 2 is 2.00 bits per heavy atom. The Bertz CT molecular complexity index is 672. The summed E-state index contributed by atoms with van der Waals surface area (Å²) in [6, 6.07) is 4.17. The van der Waals surface area contributed by atoms with Gasteiger partial charge in [-0.2, -0.15) is 0 Å². The van der Waals surface area contributed by atoms with E-state index in [0.717, 1.165) is 0 Å². The van der Waals surface area contributed by atoms with E-state index < -0.39 is 15.9 Å². The molecule has 0 aliphatic carbocycles. The van der Waals surface area contributed by atoms with Gasteiger partial charge in [0.05, 0.1) is 4.90 Å². The topological polar surface area (TPSA) is 119 Å². The van der Waals surface area contributed by atoms with Crippen LogP contribution in [-0.4, -0.2) is 19.3 Å². The molecule has 2 aromatic rings. The van der Waals surface area contributed by atoms with E-state index in [9.17, 15) is 13.2 Å². The number of amides is 1. The maximum absolute atomic E-state index is 11.2. The summed E-state index contributed by atoms with van der Waals surface area (Å²) in [6.45, 7) is 0. The molecule has 0 saturated heterocycles. The zero-order valence-electron chi connectivity index (χ0n) is 8.10. The highest BCUT2D eigenvalue weighted by Crippen LogP contribution is 2.21. The Morgan fingerprint density at radius 3 is 2.56 bits per heavy atom. The molecule has 0 radical (unpaired) electrons. The summed E-state index contributed by atoms with van der Waals surface area (Å²) < 4.78 is 22.4. The van der Waals surface area contributed by atoms with Crippen LogP contribution in [0.5, 0.6) is 0 Å². The maximum Gasteiger partial charge on any atom is 0.249 e. The van der Waals surface area contributed by atoms with E-state index in [2.05, 4.69) is 4.98 Å². The number of aromatic amines is 1. The van der Waals surface area contributed by atoms with Crippen molar-refractivity contribution >= 4 is 26.8 Å². The lowest BCUT2D eigenvalue weighted by Crippen LogP contribution is -2.16. The third kappa shape index (κ3) is 1.66. The zero-order chi connectivity index (χ0) is 11.9. The summed E-state index contributed by atoms with van der Waals surface area (Å²) in [5.41, 5.74) is 5.79. The summed E-state index contributed by atoms with van der Waals surface area (Å²) in [5.74, 6) is -0.699. The Hall–Kier alpha value is -1.86. The molecule has 16 heavy (non-hydrogen) atoms. The highest BCUT2D eigenvalue weighted by Gasteiger charge is 2.15. The van der Waals surface area contributed by atoms with Crippen LogP contribution in [0.3, 0.4) is 0 Å². The predicted molar refractivity (Wildman–Crippen MR) is 58.2 cm³/mol. The number of H-pyrrole nitrogens is 1. The van der Waals surface area contributed by atoms with Gasteiger partial charge in [-0.25, -0.2) is 13.6 Å². The molecule has 7 heteroatoms. The minimum atomic E-state index is -3.86. The second-order valence-corrected chi connectivity index (χ2v) is 4.88. The fraction of sp³-hybridized carbons (Fsp3) is 0. The largest absolute Gasteiger partial charge is 0.366 e. The van der Waals surface area contributed by atoms with Crippen LogP contribution in [0.15, 0.2) is 29.3 Å². The Kier molecular flexibility index (Phi) is 2.21. The van der Waals surface area contributed by atoms with E-state index in [1.807, 2.05) is 0 Å². The van der Waals surface area contributed by atoms with Crippen LogP contribution in [0.25, 0.3) is 10.9 Å². The molecule has 0 spiro atoms. The fourth-order valence-electron chi connectivity index (χ4n) is 1.51. The second-order valence-electron chi connectivity index (χ2n) is 3.32. The number of nitrogens with two attached hydrogens (primary N) is 2. The van der Waals surface area contributed by atoms with Crippen LogP contribution in [-0.2, 0) is 10.0 Å². The predicted octanol–water partition coefficient (Wildman–Crippen LogP) is -0.0858. The lowest BCUT2D eigenvalue weighted by molar-refractivity contribution is 0.100. The van der Waals surface area contributed by atoms with Crippen LogP contribution in [0.1, 0.15) is 10.4 Å². The molecular weight excluding hydrogens is 230 g/mol. The van der Waals surface area contributed by atoms with Crippen molar-refractivity contribution in [2.45, 2.75) is 4.90 Å². The van der Waals surface area contributed by atoms with Gasteiger partial charge in [-0.05, 0) is 18.2 Å². The third-order valence-electron chi connectivity index (χ3n) is 2.24. The van der Waals surface area contributed by atoms with E-state index in [1.54, 1.807) is 12.3 Å². The molecule has 1 heterocycles. The van der Waals surface area contributed by atoms with Crippen LogP contribution in [0, 0.1) is 0 Å². The first kappa shape index (κ1) is 10.7. The standard InChI is InChI=1S/C9H9N3O3S/c10-9(13)7-3-5(16(11,14)15)4-8-6(7)1-2-12-8/h1-4,12H,(H2,10,13)(H2,11,14,15). The summed E-state index contributed by atoms with van der Waals surface area (Å²) in [4.78, 5) is 13.8. The van der Waals surface area contributed by atoms with Crippen molar-refractivity contribution < 1.29 is 13.2 Å². The van der Waals surface area contributed by atoms with Crippen LogP contribution >= 0.6 is 0 Å². The van der Waals surface area contributed by atoms with Gasteiger partial charge in [-0.15, -0.1) is 0 Å². The molecule has 1 aromatic carbocycles. The van der Waals surface area contributed by atoms with Gasteiger partial charge in [0.2, 0.25) is 15.9 Å². The molecule has 0 unspecified atom stereocenters. The van der Waals surface area contributed by atoms with Crippen LogP contribution in [0.2, 0.25) is 0 Å². The SMILES string of the molecule is NC(=O)c1cc(S(N)(=O)=O)cc2[nH]ccc12. The molecule has 6 nitrogen and oxygen atoms in total. The number of carbonyl (C=O) groups excluding carboxylic acids is 1. The monoisotopic (exact) mass is 239 g/mol. The zero-order valence-corrected chi connectivity index (χ0v) is 8.91. The number of rotatable bonds is 2. The lowest BCUT2D eigenvalue weighted by atomic mass is 10.1. The van der Waals surface area contributed by atoms with Gasteiger partial charge in [0, 0.05) is 22.7 Å². The average Bonchev–Trinajstić information content (AvgIpc) is 2.61. The normalized spacial score (nSPS) is 11.8. The molecule has 5 N–H and O–H groups in total.